The molecule has 0 saturated heterocycles. The minimum Gasteiger partial charge on any atom is -0.493 e. The molecule has 2 N–H and O–H groups in total. The lowest BCUT2D eigenvalue weighted by molar-refractivity contribution is 0.0952. The van der Waals surface area contributed by atoms with Gasteiger partial charge in [0.2, 0.25) is 5.75 Å². The molecule has 0 spiro atoms. The number of carbonyl (C=O) groups excluding carboxylic acids is 1. The summed E-state index contributed by atoms with van der Waals surface area (Å²) in [7, 11) is 3.37. The first-order valence-corrected chi connectivity index (χ1v) is 6.16. The summed E-state index contributed by atoms with van der Waals surface area (Å²) in [4.78, 5) is 12.0. The maximum atomic E-state index is 12.0. The number of carbonyl (C=O) groups is 1. The first-order chi connectivity index (χ1) is 9.26. The molecule has 0 atom stereocenters. The van der Waals surface area contributed by atoms with Crippen molar-refractivity contribution in [1.29, 1.82) is 0 Å². The van der Waals surface area contributed by atoms with Gasteiger partial charge in [-0.15, -0.1) is 0 Å². The van der Waals surface area contributed by atoms with Crippen LogP contribution in [0, 0.1) is 0 Å². The van der Waals surface area contributed by atoms with Gasteiger partial charge in [-0.25, -0.2) is 0 Å². The molecule has 0 unspecified atom stereocenters. The third-order valence-electron chi connectivity index (χ3n) is 2.75. The lowest BCUT2D eigenvalue weighted by Gasteiger charge is -2.21. The summed E-state index contributed by atoms with van der Waals surface area (Å²) in [6, 6.07) is 3.33. The Morgan fingerprint density at radius 1 is 1.32 bits per heavy atom. The maximum absolute atomic E-state index is 12.0. The van der Waals surface area contributed by atoms with Crippen molar-refractivity contribution in [2.24, 2.45) is 0 Å². The number of likely N-dealkylation sites (N-methyl/N-ethyl adjacent to an activating group) is 1. The van der Waals surface area contributed by atoms with Crippen molar-refractivity contribution in [3.63, 3.8) is 0 Å². The minimum atomic E-state index is -0.162. The summed E-state index contributed by atoms with van der Waals surface area (Å²) in [5, 5.41) is 5.77. The molecule has 1 amide bonds. The second-order valence-corrected chi connectivity index (χ2v) is 4.06. The Morgan fingerprint density at radius 3 is 2.84 bits per heavy atom. The highest BCUT2D eigenvalue weighted by molar-refractivity contribution is 5.95. The van der Waals surface area contributed by atoms with Crippen molar-refractivity contribution in [2.45, 2.75) is 0 Å². The molecule has 1 aliphatic rings. The summed E-state index contributed by atoms with van der Waals surface area (Å²) < 4.78 is 16.2. The average molecular weight is 266 g/mol. The third kappa shape index (κ3) is 3.08. The SMILES string of the molecule is CNCCNC(=O)c1cc(OC)c2c(c1)OCCO2. The van der Waals surface area contributed by atoms with E-state index in [2.05, 4.69) is 10.6 Å². The van der Waals surface area contributed by atoms with E-state index >= 15 is 0 Å². The Morgan fingerprint density at radius 2 is 2.11 bits per heavy atom. The van der Waals surface area contributed by atoms with Crippen LogP contribution in [0.3, 0.4) is 0 Å². The number of rotatable bonds is 5. The van der Waals surface area contributed by atoms with Crippen molar-refractivity contribution >= 4 is 5.91 Å². The summed E-state index contributed by atoms with van der Waals surface area (Å²) in [5.74, 6) is 1.45. The molecule has 0 saturated carbocycles. The van der Waals surface area contributed by atoms with Crippen molar-refractivity contribution < 1.29 is 19.0 Å². The molecule has 0 aromatic heterocycles. The smallest absolute Gasteiger partial charge is 0.251 e. The van der Waals surface area contributed by atoms with Gasteiger partial charge in [0.15, 0.2) is 11.5 Å². The van der Waals surface area contributed by atoms with E-state index in [0.29, 0.717) is 49.1 Å². The first kappa shape index (κ1) is 13.5. The zero-order valence-corrected chi connectivity index (χ0v) is 11.1. The fourth-order valence-electron chi connectivity index (χ4n) is 1.81. The van der Waals surface area contributed by atoms with E-state index in [0.717, 1.165) is 0 Å². The maximum Gasteiger partial charge on any atom is 0.251 e. The Kier molecular flexibility index (Phi) is 4.46. The number of methoxy groups -OCH3 is 1. The van der Waals surface area contributed by atoms with Crippen LogP contribution in [0.25, 0.3) is 0 Å². The predicted molar refractivity (Wildman–Crippen MR) is 70.2 cm³/mol. The van der Waals surface area contributed by atoms with Crippen molar-refractivity contribution in [2.75, 3.05) is 40.5 Å². The van der Waals surface area contributed by atoms with Crippen LogP contribution in [0.5, 0.6) is 17.2 Å². The van der Waals surface area contributed by atoms with Gasteiger partial charge in [0.25, 0.3) is 5.91 Å². The van der Waals surface area contributed by atoms with Crippen molar-refractivity contribution in [3.8, 4) is 17.2 Å². The molecule has 0 radical (unpaired) electrons. The second-order valence-electron chi connectivity index (χ2n) is 4.06. The molecular weight excluding hydrogens is 248 g/mol. The molecule has 1 aromatic carbocycles. The Hall–Kier alpha value is -1.95. The quantitative estimate of drug-likeness (QED) is 0.756. The van der Waals surface area contributed by atoms with Crippen LogP contribution in [0.4, 0.5) is 0 Å². The van der Waals surface area contributed by atoms with Crippen LogP contribution in [0.2, 0.25) is 0 Å². The highest BCUT2D eigenvalue weighted by atomic mass is 16.6. The number of hydrogen-bond donors (Lipinski definition) is 2. The number of benzene rings is 1. The van der Waals surface area contributed by atoms with Gasteiger partial charge in [-0.1, -0.05) is 0 Å². The molecule has 1 aromatic rings. The monoisotopic (exact) mass is 266 g/mol. The van der Waals surface area contributed by atoms with E-state index in [1.165, 1.54) is 7.11 Å². The van der Waals surface area contributed by atoms with Gasteiger partial charge >= 0.3 is 0 Å². The largest absolute Gasteiger partial charge is 0.493 e. The third-order valence-corrected chi connectivity index (χ3v) is 2.75. The molecule has 104 valence electrons. The van der Waals surface area contributed by atoms with Gasteiger partial charge in [0.05, 0.1) is 7.11 Å². The van der Waals surface area contributed by atoms with Crippen LogP contribution in [0.1, 0.15) is 10.4 Å². The zero-order chi connectivity index (χ0) is 13.7. The van der Waals surface area contributed by atoms with Crippen LogP contribution < -0.4 is 24.8 Å². The van der Waals surface area contributed by atoms with E-state index < -0.39 is 0 Å². The standard InChI is InChI=1S/C13H18N2O4/c1-14-3-4-15-13(16)9-7-10(17-2)12-11(8-9)18-5-6-19-12/h7-8,14H,3-6H2,1-2H3,(H,15,16). The van der Waals surface area contributed by atoms with Gasteiger partial charge in [0, 0.05) is 18.7 Å². The van der Waals surface area contributed by atoms with E-state index in [1.54, 1.807) is 12.1 Å². The molecule has 1 aliphatic heterocycles. The van der Waals surface area contributed by atoms with Gasteiger partial charge in [-0.2, -0.15) is 0 Å². The molecule has 19 heavy (non-hydrogen) atoms. The number of hydrogen-bond acceptors (Lipinski definition) is 5. The lowest BCUT2D eigenvalue weighted by atomic mass is 10.1. The van der Waals surface area contributed by atoms with Crippen molar-refractivity contribution in [3.05, 3.63) is 17.7 Å². The lowest BCUT2D eigenvalue weighted by Crippen LogP contribution is -2.30. The first-order valence-electron chi connectivity index (χ1n) is 6.16. The summed E-state index contributed by atoms with van der Waals surface area (Å²) in [6.45, 7) is 2.23. The molecule has 0 bridgehead atoms. The van der Waals surface area contributed by atoms with Gasteiger partial charge < -0.3 is 24.8 Å². The van der Waals surface area contributed by atoms with Crippen LogP contribution in [-0.4, -0.2) is 46.4 Å². The fraction of sp³-hybridized carbons (Fsp3) is 0.462. The normalized spacial score (nSPS) is 12.9. The topological polar surface area (TPSA) is 68.8 Å². The highest BCUT2D eigenvalue weighted by Crippen LogP contribution is 2.40. The summed E-state index contributed by atoms with van der Waals surface area (Å²) >= 11 is 0. The molecule has 1 heterocycles. The van der Waals surface area contributed by atoms with Crippen LogP contribution >= 0.6 is 0 Å². The van der Waals surface area contributed by atoms with Gasteiger partial charge in [0.1, 0.15) is 13.2 Å². The number of ether oxygens (including phenoxy) is 3. The van der Waals surface area contributed by atoms with E-state index in [1.807, 2.05) is 7.05 Å². The predicted octanol–water partition coefficient (Wildman–Crippen LogP) is 0.416. The highest BCUT2D eigenvalue weighted by Gasteiger charge is 2.20. The molecule has 6 heteroatoms. The Balaban J connectivity index is 2.19. The fourth-order valence-corrected chi connectivity index (χ4v) is 1.81. The zero-order valence-electron chi connectivity index (χ0n) is 11.1. The average Bonchev–Trinajstić information content (AvgIpc) is 2.46. The second kappa shape index (κ2) is 6.29. The number of fused-ring (bicyclic) bond motifs is 1. The number of nitrogens with one attached hydrogen (secondary N) is 2. The molecule has 2 rings (SSSR count). The van der Waals surface area contributed by atoms with Crippen molar-refractivity contribution in [1.82, 2.24) is 10.6 Å². The number of amides is 1. The van der Waals surface area contributed by atoms with E-state index in [4.69, 9.17) is 14.2 Å². The van der Waals surface area contributed by atoms with Crippen LogP contribution in [0.15, 0.2) is 12.1 Å². The van der Waals surface area contributed by atoms with Gasteiger partial charge in [-0.3, -0.25) is 4.79 Å². The molecule has 6 nitrogen and oxygen atoms in total. The molecule has 0 aliphatic carbocycles. The summed E-state index contributed by atoms with van der Waals surface area (Å²) in [6.07, 6.45) is 0. The van der Waals surface area contributed by atoms with Crippen LogP contribution in [-0.2, 0) is 0 Å². The Labute approximate surface area is 112 Å². The van der Waals surface area contributed by atoms with Gasteiger partial charge in [-0.05, 0) is 19.2 Å². The summed E-state index contributed by atoms with van der Waals surface area (Å²) in [5.41, 5.74) is 0.497. The van der Waals surface area contributed by atoms with E-state index in [9.17, 15) is 4.79 Å². The molecular formula is C13H18N2O4. The minimum absolute atomic E-state index is 0.162. The molecule has 0 fully saturated rings. The van der Waals surface area contributed by atoms with E-state index in [-0.39, 0.29) is 5.91 Å². The Bertz CT molecular complexity index is 445.